The third-order valence-corrected chi connectivity index (χ3v) is 4.45. The molecular formula is C17H12Cl2F4N2O3. The van der Waals surface area contributed by atoms with E-state index >= 15 is 0 Å². The lowest BCUT2D eigenvalue weighted by molar-refractivity contribution is -0.461. The van der Waals surface area contributed by atoms with Gasteiger partial charge >= 0.3 is 18.4 Å². The summed E-state index contributed by atoms with van der Waals surface area (Å²) in [5.41, 5.74) is -0.145. The fourth-order valence-electron chi connectivity index (χ4n) is 2.47. The van der Waals surface area contributed by atoms with Crippen molar-refractivity contribution >= 4 is 34.9 Å². The van der Waals surface area contributed by atoms with Crippen LogP contribution in [-0.2, 0) is 17.3 Å². The first-order valence-electron chi connectivity index (χ1n) is 7.84. The van der Waals surface area contributed by atoms with Crippen molar-refractivity contribution in [3.05, 3.63) is 57.6 Å². The highest BCUT2D eigenvalue weighted by molar-refractivity contribution is 6.42. The zero-order valence-electron chi connectivity index (χ0n) is 13.9. The van der Waals surface area contributed by atoms with Crippen LogP contribution in [0.5, 0.6) is 5.75 Å². The first-order valence-corrected chi connectivity index (χ1v) is 8.59. The summed E-state index contributed by atoms with van der Waals surface area (Å²) in [6, 6.07) is 7.19. The van der Waals surface area contributed by atoms with E-state index < -0.39 is 29.7 Å². The molecule has 1 heterocycles. The number of rotatable bonds is 4. The summed E-state index contributed by atoms with van der Waals surface area (Å²) in [6.07, 6.45) is -8.28. The van der Waals surface area contributed by atoms with Crippen molar-refractivity contribution in [2.45, 2.75) is 18.8 Å². The monoisotopic (exact) mass is 438 g/mol. The Balaban J connectivity index is 1.59. The zero-order valence-corrected chi connectivity index (χ0v) is 15.4. The number of benzene rings is 2. The summed E-state index contributed by atoms with van der Waals surface area (Å²) >= 11 is 11.7. The second kappa shape index (κ2) is 7.65. The van der Waals surface area contributed by atoms with E-state index in [2.05, 4.69) is 20.1 Å². The van der Waals surface area contributed by atoms with Crippen LogP contribution in [0, 0.1) is 0 Å². The van der Waals surface area contributed by atoms with Gasteiger partial charge in [-0.2, -0.15) is 8.78 Å². The first-order chi connectivity index (χ1) is 13.1. The Labute approximate surface area is 166 Å². The van der Waals surface area contributed by atoms with Crippen molar-refractivity contribution in [3.8, 4) is 5.75 Å². The van der Waals surface area contributed by atoms with Gasteiger partial charge in [0.25, 0.3) is 0 Å². The summed E-state index contributed by atoms with van der Waals surface area (Å²) in [6.45, 7) is 0.226. The standard InChI is InChI=1S/C17H12Cl2F4N2O3/c18-12-3-1-9(7-13(12)19)5-6-24-15(26)25-10-2-4-14-11(8-10)16(20,21)28-17(22,23)27-14/h1-4,7-8H,5-6H2,(H2,24,25,26). The molecule has 0 atom stereocenters. The lowest BCUT2D eigenvalue weighted by atomic mass is 10.1. The van der Waals surface area contributed by atoms with Crippen LogP contribution in [0.3, 0.4) is 0 Å². The predicted molar refractivity (Wildman–Crippen MR) is 94.2 cm³/mol. The number of ether oxygens (including phenoxy) is 2. The van der Waals surface area contributed by atoms with E-state index in [0.717, 1.165) is 23.8 Å². The zero-order chi connectivity index (χ0) is 20.5. The third-order valence-electron chi connectivity index (χ3n) is 3.71. The van der Waals surface area contributed by atoms with Crippen LogP contribution in [0.2, 0.25) is 10.0 Å². The van der Waals surface area contributed by atoms with Crippen LogP contribution in [-0.4, -0.2) is 18.9 Å². The number of amides is 2. The quantitative estimate of drug-likeness (QED) is 0.631. The third kappa shape index (κ3) is 4.78. The maximum atomic E-state index is 13.7. The fraction of sp³-hybridized carbons (Fsp3) is 0.235. The van der Waals surface area contributed by atoms with Crippen molar-refractivity contribution in [1.29, 1.82) is 0 Å². The second-order valence-corrected chi connectivity index (χ2v) is 6.59. The van der Waals surface area contributed by atoms with Gasteiger partial charge in [0, 0.05) is 12.2 Å². The number of anilines is 1. The van der Waals surface area contributed by atoms with Gasteiger partial charge in [-0.15, -0.1) is 8.78 Å². The molecule has 0 unspecified atom stereocenters. The van der Waals surface area contributed by atoms with E-state index in [9.17, 15) is 22.4 Å². The molecule has 0 saturated heterocycles. The predicted octanol–water partition coefficient (Wildman–Crippen LogP) is 5.37. The van der Waals surface area contributed by atoms with E-state index in [1.807, 2.05) is 0 Å². The minimum Gasteiger partial charge on any atom is -0.409 e. The number of alkyl halides is 4. The minimum absolute atomic E-state index is 0.0529. The summed E-state index contributed by atoms with van der Waals surface area (Å²) < 4.78 is 60.9. The molecule has 0 fully saturated rings. The van der Waals surface area contributed by atoms with Gasteiger partial charge < -0.3 is 15.4 Å². The van der Waals surface area contributed by atoms with Crippen molar-refractivity contribution in [2.75, 3.05) is 11.9 Å². The van der Waals surface area contributed by atoms with Crippen LogP contribution >= 0.6 is 23.2 Å². The Morgan fingerprint density at radius 3 is 2.50 bits per heavy atom. The largest absolute Gasteiger partial charge is 0.540 e. The smallest absolute Gasteiger partial charge is 0.409 e. The van der Waals surface area contributed by atoms with Gasteiger partial charge in [0.1, 0.15) is 5.75 Å². The molecule has 150 valence electrons. The summed E-state index contributed by atoms with van der Waals surface area (Å²) in [5.74, 6) is -0.744. The Kier molecular flexibility index (Phi) is 5.60. The van der Waals surface area contributed by atoms with Crippen LogP contribution < -0.4 is 15.4 Å². The molecule has 2 aromatic rings. The van der Waals surface area contributed by atoms with Gasteiger partial charge in [-0.25, -0.2) is 9.53 Å². The summed E-state index contributed by atoms with van der Waals surface area (Å²) in [7, 11) is 0. The molecule has 2 N–H and O–H groups in total. The fourth-order valence-corrected chi connectivity index (χ4v) is 2.79. The molecule has 2 amide bonds. The Bertz CT molecular complexity index is 912. The maximum Gasteiger partial charge on any atom is 0.540 e. The highest BCUT2D eigenvalue weighted by Crippen LogP contribution is 2.46. The van der Waals surface area contributed by atoms with Gasteiger partial charge in [0.05, 0.1) is 15.6 Å². The second-order valence-electron chi connectivity index (χ2n) is 5.77. The van der Waals surface area contributed by atoms with Crippen molar-refractivity contribution < 1.29 is 31.8 Å². The van der Waals surface area contributed by atoms with Crippen LogP contribution in [0.25, 0.3) is 0 Å². The molecule has 11 heteroatoms. The highest BCUT2D eigenvalue weighted by atomic mass is 35.5. The number of hydrogen-bond donors (Lipinski definition) is 2. The normalized spacial score (nSPS) is 16.6. The van der Waals surface area contributed by atoms with Crippen molar-refractivity contribution in [2.24, 2.45) is 0 Å². The number of fused-ring (bicyclic) bond motifs is 1. The van der Waals surface area contributed by atoms with Gasteiger partial charge in [-0.3, -0.25) is 0 Å². The van der Waals surface area contributed by atoms with Crippen molar-refractivity contribution in [3.63, 3.8) is 0 Å². The average Bonchev–Trinajstić information content (AvgIpc) is 2.57. The molecule has 1 aliphatic heterocycles. The molecule has 2 aromatic carbocycles. The number of carbonyl (C=O) groups is 1. The van der Waals surface area contributed by atoms with E-state index in [4.69, 9.17) is 23.2 Å². The Morgan fingerprint density at radius 2 is 1.79 bits per heavy atom. The molecule has 0 bridgehead atoms. The molecule has 5 nitrogen and oxygen atoms in total. The molecule has 3 rings (SSSR count). The van der Waals surface area contributed by atoms with Crippen molar-refractivity contribution in [1.82, 2.24) is 5.32 Å². The van der Waals surface area contributed by atoms with Gasteiger partial charge in [0.15, 0.2) is 0 Å². The first kappa shape index (κ1) is 20.5. The van der Waals surface area contributed by atoms with E-state index in [1.54, 1.807) is 18.2 Å². The van der Waals surface area contributed by atoms with Crippen LogP contribution in [0.1, 0.15) is 11.1 Å². The van der Waals surface area contributed by atoms with Crippen LogP contribution in [0.4, 0.5) is 28.0 Å². The number of halogens is 6. The van der Waals surface area contributed by atoms with Gasteiger partial charge in [-0.05, 0) is 42.3 Å². The van der Waals surface area contributed by atoms with Crippen LogP contribution in [0.15, 0.2) is 36.4 Å². The van der Waals surface area contributed by atoms with E-state index in [-0.39, 0.29) is 12.2 Å². The summed E-state index contributed by atoms with van der Waals surface area (Å²) in [5, 5.41) is 5.65. The highest BCUT2D eigenvalue weighted by Gasteiger charge is 2.54. The number of nitrogens with one attached hydrogen (secondary N) is 2. The van der Waals surface area contributed by atoms with E-state index in [1.165, 1.54) is 0 Å². The topological polar surface area (TPSA) is 59.6 Å². The molecule has 1 aliphatic rings. The SMILES string of the molecule is O=C(NCCc1ccc(Cl)c(Cl)c1)Nc1ccc2c(c1)C(F)(F)OC(F)(F)O2. The molecule has 0 saturated carbocycles. The van der Waals surface area contributed by atoms with Gasteiger partial charge in [-0.1, -0.05) is 29.3 Å². The number of urea groups is 1. The molecule has 0 spiro atoms. The minimum atomic E-state index is -4.45. The Hall–Kier alpha value is -2.23. The molecule has 28 heavy (non-hydrogen) atoms. The molecule has 0 radical (unpaired) electrons. The molecular weight excluding hydrogens is 427 g/mol. The average molecular weight is 439 g/mol. The number of hydrogen-bond acceptors (Lipinski definition) is 3. The number of carbonyl (C=O) groups excluding carboxylic acids is 1. The molecule has 0 aromatic heterocycles. The van der Waals surface area contributed by atoms with E-state index in [0.29, 0.717) is 16.5 Å². The molecule has 0 aliphatic carbocycles. The lowest BCUT2D eigenvalue weighted by Gasteiger charge is -2.30. The Morgan fingerprint density at radius 1 is 1.04 bits per heavy atom. The summed E-state index contributed by atoms with van der Waals surface area (Å²) in [4.78, 5) is 11.9. The maximum absolute atomic E-state index is 13.7. The van der Waals surface area contributed by atoms with Gasteiger partial charge in [0.2, 0.25) is 0 Å². The lowest BCUT2D eigenvalue weighted by Crippen LogP contribution is -2.41.